The van der Waals surface area contributed by atoms with Crippen molar-refractivity contribution in [2.24, 2.45) is 0 Å². The van der Waals surface area contributed by atoms with E-state index >= 15 is 0 Å². The lowest BCUT2D eigenvalue weighted by molar-refractivity contribution is 0.0900. The van der Waals surface area contributed by atoms with Gasteiger partial charge >= 0.3 is 0 Å². The van der Waals surface area contributed by atoms with E-state index in [1.807, 2.05) is 18.2 Å². The lowest BCUT2D eigenvalue weighted by atomic mass is 10.1. The first-order chi connectivity index (χ1) is 13.2. The van der Waals surface area contributed by atoms with E-state index in [1.54, 1.807) is 22.9 Å². The van der Waals surface area contributed by atoms with Crippen LogP contribution < -0.4 is 10.6 Å². The van der Waals surface area contributed by atoms with Crippen LogP contribution in [0, 0.1) is 5.82 Å². The van der Waals surface area contributed by atoms with E-state index in [-0.39, 0.29) is 17.9 Å². The molecule has 5 nitrogen and oxygen atoms in total. The maximum atomic E-state index is 13.1. The first kappa shape index (κ1) is 17.4. The third kappa shape index (κ3) is 3.90. The fourth-order valence-corrected chi connectivity index (χ4v) is 3.29. The Kier molecular flexibility index (Phi) is 4.98. The van der Waals surface area contributed by atoms with Crippen molar-refractivity contribution < 1.29 is 9.18 Å². The summed E-state index contributed by atoms with van der Waals surface area (Å²) in [5, 5.41) is 11.0. The molecule has 0 bridgehead atoms. The van der Waals surface area contributed by atoms with Crippen molar-refractivity contribution >= 4 is 5.91 Å². The monoisotopic (exact) mass is 364 g/mol. The van der Waals surface area contributed by atoms with Gasteiger partial charge in [-0.3, -0.25) is 10.1 Å². The summed E-state index contributed by atoms with van der Waals surface area (Å²) in [7, 11) is 0. The summed E-state index contributed by atoms with van der Waals surface area (Å²) >= 11 is 0. The van der Waals surface area contributed by atoms with Crippen molar-refractivity contribution in [1.82, 2.24) is 20.4 Å². The number of amides is 1. The second-order valence-electron chi connectivity index (χ2n) is 6.64. The molecule has 0 aliphatic carbocycles. The van der Waals surface area contributed by atoms with Gasteiger partial charge in [-0.15, -0.1) is 0 Å². The molecular formula is C21H21FN4O. The molecule has 0 fully saturated rings. The molecule has 2 aromatic carbocycles. The Hall–Kier alpha value is -2.99. The zero-order valence-corrected chi connectivity index (χ0v) is 14.9. The van der Waals surface area contributed by atoms with Crippen molar-refractivity contribution in [1.29, 1.82) is 0 Å². The molecule has 1 aliphatic rings. The van der Waals surface area contributed by atoms with Gasteiger partial charge in [0.2, 0.25) is 0 Å². The Bertz CT molecular complexity index is 921. The molecule has 1 atom stereocenters. The van der Waals surface area contributed by atoms with Crippen LogP contribution in [0.2, 0.25) is 0 Å². The van der Waals surface area contributed by atoms with Crippen LogP contribution in [-0.2, 0) is 6.42 Å². The lowest BCUT2D eigenvalue weighted by Gasteiger charge is -2.25. The molecule has 1 aliphatic heterocycles. The van der Waals surface area contributed by atoms with Gasteiger partial charge in [-0.05, 0) is 55.3 Å². The Morgan fingerprint density at radius 2 is 1.93 bits per heavy atom. The highest BCUT2D eigenvalue weighted by molar-refractivity contribution is 5.94. The van der Waals surface area contributed by atoms with E-state index in [1.165, 1.54) is 17.7 Å². The average molecular weight is 364 g/mol. The highest BCUT2D eigenvalue weighted by Gasteiger charge is 2.26. The molecule has 0 saturated heterocycles. The summed E-state index contributed by atoms with van der Waals surface area (Å²) < 4.78 is 14.9. The van der Waals surface area contributed by atoms with Gasteiger partial charge in [-0.25, -0.2) is 9.07 Å². The van der Waals surface area contributed by atoms with Crippen LogP contribution in [-0.4, -0.2) is 28.8 Å². The molecule has 138 valence electrons. The minimum atomic E-state index is -0.293. The molecule has 0 saturated carbocycles. The average Bonchev–Trinajstić information content (AvgIpc) is 3.15. The Balaban J connectivity index is 1.44. The van der Waals surface area contributed by atoms with Crippen molar-refractivity contribution in [3.05, 3.63) is 77.7 Å². The molecule has 1 amide bonds. The maximum absolute atomic E-state index is 13.1. The molecule has 1 aromatic heterocycles. The second-order valence-corrected chi connectivity index (χ2v) is 6.64. The van der Waals surface area contributed by atoms with Crippen LogP contribution in [0.3, 0.4) is 0 Å². The number of hydrogen-bond donors (Lipinski definition) is 2. The highest BCUT2D eigenvalue weighted by atomic mass is 19.1. The number of rotatable bonds is 6. The molecule has 3 aromatic rings. The van der Waals surface area contributed by atoms with Crippen LogP contribution in [0.1, 0.15) is 28.6 Å². The van der Waals surface area contributed by atoms with E-state index in [9.17, 15) is 9.18 Å². The van der Waals surface area contributed by atoms with Crippen LogP contribution in [0.15, 0.2) is 60.7 Å². The first-order valence-electron chi connectivity index (χ1n) is 9.12. The van der Waals surface area contributed by atoms with Crippen molar-refractivity contribution in [3.8, 4) is 11.3 Å². The number of aromatic nitrogens is 2. The standard InChI is InChI=1S/C21H21FN4O/c22-17-10-8-16(9-11-17)18-13-19-21(27)24-14-20(26(19)25-18)23-12-4-7-15-5-2-1-3-6-15/h1-3,5-6,8-11,13,20,23H,4,7,12,14H2,(H,24,27)/t20-/m0/s1. The molecule has 6 heteroatoms. The number of aryl methyl sites for hydroxylation is 1. The number of fused-ring (bicyclic) bond motifs is 1. The molecule has 0 unspecified atom stereocenters. The third-order valence-electron chi connectivity index (χ3n) is 4.72. The number of benzene rings is 2. The molecule has 2 heterocycles. The number of halogens is 1. The Labute approximate surface area is 157 Å². The number of nitrogens with zero attached hydrogens (tertiary/aromatic N) is 2. The van der Waals surface area contributed by atoms with Gasteiger partial charge in [0.15, 0.2) is 0 Å². The third-order valence-corrected chi connectivity index (χ3v) is 4.72. The number of carbonyl (C=O) groups is 1. The fourth-order valence-electron chi connectivity index (χ4n) is 3.29. The topological polar surface area (TPSA) is 59.0 Å². The summed E-state index contributed by atoms with van der Waals surface area (Å²) in [6, 6.07) is 18.3. The first-order valence-corrected chi connectivity index (χ1v) is 9.12. The normalized spacial score (nSPS) is 16.0. The molecular weight excluding hydrogens is 343 g/mol. The molecule has 0 radical (unpaired) electrons. The van der Waals surface area contributed by atoms with Gasteiger partial charge in [-0.1, -0.05) is 30.3 Å². The van der Waals surface area contributed by atoms with Crippen molar-refractivity contribution in [3.63, 3.8) is 0 Å². The smallest absolute Gasteiger partial charge is 0.269 e. The van der Waals surface area contributed by atoms with Gasteiger partial charge in [-0.2, -0.15) is 5.10 Å². The summed E-state index contributed by atoms with van der Waals surface area (Å²) in [5.41, 5.74) is 3.28. The van der Waals surface area contributed by atoms with Gasteiger partial charge in [0, 0.05) is 5.56 Å². The van der Waals surface area contributed by atoms with Gasteiger partial charge < -0.3 is 5.32 Å². The summed E-state index contributed by atoms with van der Waals surface area (Å²) in [6.45, 7) is 1.31. The van der Waals surface area contributed by atoms with Crippen LogP contribution in [0.25, 0.3) is 11.3 Å². The summed E-state index contributed by atoms with van der Waals surface area (Å²) in [5.74, 6) is -0.434. The lowest BCUT2D eigenvalue weighted by Crippen LogP contribution is -2.45. The number of nitrogens with one attached hydrogen (secondary N) is 2. The van der Waals surface area contributed by atoms with Gasteiger partial charge in [0.1, 0.15) is 17.7 Å². The van der Waals surface area contributed by atoms with E-state index in [0.29, 0.717) is 17.9 Å². The predicted molar refractivity (Wildman–Crippen MR) is 102 cm³/mol. The Morgan fingerprint density at radius 3 is 2.70 bits per heavy atom. The van der Waals surface area contributed by atoms with E-state index in [0.717, 1.165) is 24.9 Å². The minimum Gasteiger partial charge on any atom is -0.347 e. The molecule has 2 N–H and O–H groups in total. The van der Waals surface area contributed by atoms with Crippen LogP contribution in [0.4, 0.5) is 4.39 Å². The quantitative estimate of drug-likeness (QED) is 0.661. The van der Waals surface area contributed by atoms with E-state index < -0.39 is 0 Å². The van der Waals surface area contributed by atoms with Crippen molar-refractivity contribution in [2.75, 3.05) is 13.1 Å². The summed E-state index contributed by atoms with van der Waals surface area (Å²) in [6.07, 6.45) is 1.90. The SMILES string of the molecule is O=C1NC[C@@H](NCCCc2ccccc2)n2nc(-c3ccc(F)cc3)cc21. The largest absolute Gasteiger partial charge is 0.347 e. The number of carbonyl (C=O) groups excluding carboxylic acids is 1. The minimum absolute atomic E-state index is 0.0947. The molecule has 0 spiro atoms. The van der Waals surface area contributed by atoms with Gasteiger partial charge in [0.05, 0.1) is 12.2 Å². The maximum Gasteiger partial charge on any atom is 0.269 e. The number of hydrogen-bond acceptors (Lipinski definition) is 3. The fraction of sp³-hybridized carbons (Fsp3) is 0.238. The zero-order valence-electron chi connectivity index (χ0n) is 14.9. The summed E-state index contributed by atoms with van der Waals surface area (Å²) in [4.78, 5) is 12.2. The predicted octanol–water partition coefficient (Wildman–Crippen LogP) is 3.15. The van der Waals surface area contributed by atoms with Crippen LogP contribution in [0.5, 0.6) is 0 Å². The Morgan fingerprint density at radius 1 is 1.15 bits per heavy atom. The van der Waals surface area contributed by atoms with E-state index in [2.05, 4.69) is 27.9 Å². The second kappa shape index (κ2) is 7.72. The molecule has 4 rings (SSSR count). The zero-order chi connectivity index (χ0) is 18.6. The van der Waals surface area contributed by atoms with Crippen LogP contribution >= 0.6 is 0 Å². The highest BCUT2D eigenvalue weighted by Crippen LogP contribution is 2.23. The van der Waals surface area contributed by atoms with Crippen molar-refractivity contribution in [2.45, 2.75) is 19.0 Å². The van der Waals surface area contributed by atoms with E-state index in [4.69, 9.17) is 0 Å². The molecule has 27 heavy (non-hydrogen) atoms. The van der Waals surface area contributed by atoms with Gasteiger partial charge in [0.25, 0.3) is 5.91 Å².